The average molecular weight is 158 g/mol. The number of ether oxygens (including phenoxy) is 1. The number of methoxy groups -OCH3 is 1. The van der Waals surface area contributed by atoms with Crippen molar-refractivity contribution in [1.82, 2.24) is 0 Å². The fourth-order valence-electron chi connectivity index (χ4n) is 1.45. The maximum atomic E-state index is 9.65. The molecular formula is C9H18O2. The predicted molar refractivity (Wildman–Crippen MR) is 44.4 cm³/mol. The van der Waals surface area contributed by atoms with Gasteiger partial charge in [-0.1, -0.05) is 13.3 Å². The highest BCUT2D eigenvalue weighted by Crippen LogP contribution is 2.35. The van der Waals surface area contributed by atoms with Gasteiger partial charge < -0.3 is 9.84 Å². The number of rotatable bonds is 5. The summed E-state index contributed by atoms with van der Waals surface area (Å²) in [5.74, 6) is 0.534. The first-order valence-electron chi connectivity index (χ1n) is 4.50. The topological polar surface area (TPSA) is 29.5 Å². The van der Waals surface area contributed by atoms with Gasteiger partial charge in [-0.15, -0.1) is 0 Å². The third kappa shape index (κ3) is 2.46. The highest BCUT2D eigenvalue weighted by Gasteiger charge is 2.34. The Kier molecular flexibility index (Phi) is 3.34. The molecule has 2 unspecified atom stereocenters. The van der Waals surface area contributed by atoms with E-state index < -0.39 is 0 Å². The van der Waals surface area contributed by atoms with Crippen molar-refractivity contribution in [2.45, 2.75) is 44.8 Å². The van der Waals surface area contributed by atoms with Crippen molar-refractivity contribution < 1.29 is 9.84 Å². The Hall–Kier alpha value is -0.0800. The van der Waals surface area contributed by atoms with E-state index >= 15 is 0 Å². The lowest BCUT2D eigenvalue weighted by Gasteiger charge is -2.20. The van der Waals surface area contributed by atoms with Crippen LogP contribution in [0.4, 0.5) is 0 Å². The van der Waals surface area contributed by atoms with E-state index in [2.05, 4.69) is 6.92 Å². The van der Waals surface area contributed by atoms with Crippen LogP contribution in [0.2, 0.25) is 0 Å². The summed E-state index contributed by atoms with van der Waals surface area (Å²) in [5, 5.41) is 9.65. The van der Waals surface area contributed by atoms with Crippen LogP contribution >= 0.6 is 0 Å². The predicted octanol–water partition coefficient (Wildman–Crippen LogP) is 1.57. The number of hydrogen-bond donors (Lipinski definition) is 1. The fraction of sp³-hybridized carbons (Fsp3) is 1.00. The Morgan fingerprint density at radius 1 is 1.55 bits per heavy atom. The molecule has 0 spiro atoms. The molecule has 0 saturated heterocycles. The van der Waals surface area contributed by atoms with Gasteiger partial charge in [-0.25, -0.2) is 0 Å². The third-order valence-corrected chi connectivity index (χ3v) is 2.36. The van der Waals surface area contributed by atoms with Gasteiger partial charge in [-0.3, -0.25) is 0 Å². The molecule has 1 aliphatic rings. The van der Waals surface area contributed by atoms with Crippen molar-refractivity contribution in [2.24, 2.45) is 5.92 Å². The summed E-state index contributed by atoms with van der Waals surface area (Å²) in [5.41, 5.74) is 0. The zero-order valence-electron chi connectivity index (χ0n) is 7.42. The Labute approximate surface area is 68.6 Å². The number of aliphatic hydroxyl groups excluding tert-OH is 1. The molecule has 1 saturated carbocycles. The van der Waals surface area contributed by atoms with Gasteiger partial charge in [-0.05, 0) is 25.2 Å². The van der Waals surface area contributed by atoms with Crippen LogP contribution in [0.25, 0.3) is 0 Å². The molecule has 0 heterocycles. The van der Waals surface area contributed by atoms with Crippen LogP contribution in [0.15, 0.2) is 0 Å². The second-order valence-corrected chi connectivity index (χ2v) is 3.39. The molecule has 1 fully saturated rings. The second kappa shape index (κ2) is 4.07. The van der Waals surface area contributed by atoms with Crippen molar-refractivity contribution in [2.75, 3.05) is 7.11 Å². The highest BCUT2D eigenvalue weighted by molar-refractivity contribution is 4.85. The van der Waals surface area contributed by atoms with Crippen molar-refractivity contribution >= 4 is 0 Å². The maximum absolute atomic E-state index is 9.65. The summed E-state index contributed by atoms with van der Waals surface area (Å²) in [6.45, 7) is 2.12. The molecule has 2 heteroatoms. The molecular weight excluding hydrogens is 140 g/mol. The molecule has 2 atom stereocenters. The maximum Gasteiger partial charge on any atom is 0.0832 e. The molecule has 66 valence electrons. The van der Waals surface area contributed by atoms with Gasteiger partial charge >= 0.3 is 0 Å². The summed E-state index contributed by atoms with van der Waals surface area (Å²) in [6.07, 6.45) is 4.30. The van der Waals surface area contributed by atoms with E-state index in [1.165, 1.54) is 12.8 Å². The monoisotopic (exact) mass is 158 g/mol. The number of hydrogen-bond acceptors (Lipinski definition) is 2. The van der Waals surface area contributed by atoms with Crippen molar-refractivity contribution in [3.63, 3.8) is 0 Å². The summed E-state index contributed by atoms with van der Waals surface area (Å²) in [6, 6.07) is 0. The Morgan fingerprint density at radius 3 is 2.55 bits per heavy atom. The molecule has 1 aliphatic carbocycles. The summed E-state index contributed by atoms with van der Waals surface area (Å²) in [7, 11) is 1.69. The molecule has 2 nitrogen and oxygen atoms in total. The first kappa shape index (κ1) is 9.01. The van der Waals surface area contributed by atoms with E-state index in [4.69, 9.17) is 4.74 Å². The van der Waals surface area contributed by atoms with Gasteiger partial charge in [0.15, 0.2) is 0 Å². The van der Waals surface area contributed by atoms with E-state index in [9.17, 15) is 5.11 Å². The summed E-state index contributed by atoms with van der Waals surface area (Å²) in [4.78, 5) is 0. The van der Waals surface area contributed by atoms with Crippen LogP contribution in [-0.2, 0) is 4.74 Å². The van der Waals surface area contributed by atoms with Crippen LogP contribution in [0.5, 0.6) is 0 Å². The first-order valence-corrected chi connectivity index (χ1v) is 4.50. The molecule has 0 aromatic carbocycles. The summed E-state index contributed by atoms with van der Waals surface area (Å²) < 4.78 is 5.20. The largest absolute Gasteiger partial charge is 0.390 e. The zero-order chi connectivity index (χ0) is 8.27. The van der Waals surface area contributed by atoms with Gasteiger partial charge in [-0.2, -0.15) is 0 Å². The van der Waals surface area contributed by atoms with Gasteiger partial charge in [0, 0.05) is 7.11 Å². The molecule has 0 radical (unpaired) electrons. The fourth-order valence-corrected chi connectivity index (χ4v) is 1.45. The average Bonchev–Trinajstić information content (AvgIpc) is 2.81. The van der Waals surface area contributed by atoms with Crippen LogP contribution in [0.1, 0.15) is 32.6 Å². The molecule has 0 amide bonds. The zero-order valence-corrected chi connectivity index (χ0v) is 7.42. The van der Waals surface area contributed by atoms with E-state index in [0.29, 0.717) is 5.92 Å². The van der Waals surface area contributed by atoms with Crippen LogP contribution in [0, 0.1) is 5.92 Å². The minimum atomic E-state index is -0.208. The Morgan fingerprint density at radius 2 is 2.18 bits per heavy atom. The lowest BCUT2D eigenvalue weighted by Crippen LogP contribution is -2.29. The summed E-state index contributed by atoms with van der Waals surface area (Å²) >= 11 is 0. The van der Waals surface area contributed by atoms with Crippen LogP contribution < -0.4 is 0 Å². The normalized spacial score (nSPS) is 23.2. The van der Waals surface area contributed by atoms with Crippen LogP contribution in [0.3, 0.4) is 0 Å². The molecule has 0 aromatic heterocycles. The molecule has 11 heavy (non-hydrogen) atoms. The Bertz CT molecular complexity index is 110. The van der Waals surface area contributed by atoms with Crippen molar-refractivity contribution in [3.8, 4) is 0 Å². The molecule has 0 aliphatic heterocycles. The van der Waals surface area contributed by atoms with Crippen molar-refractivity contribution in [1.29, 1.82) is 0 Å². The van der Waals surface area contributed by atoms with E-state index in [1.807, 2.05) is 0 Å². The van der Waals surface area contributed by atoms with Crippen molar-refractivity contribution in [3.05, 3.63) is 0 Å². The molecule has 1 N–H and O–H groups in total. The lowest BCUT2D eigenvalue weighted by atomic mass is 10.1. The first-order chi connectivity index (χ1) is 5.29. The SMILES string of the molecule is CCCC(OC)C(O)C1CC1. The molecule has 0 bridgehead atoms. The molecule has 0 aromatic rings. The van der Waals surface area contributed by atoms with Crippen LogP contribution in [-0.4, -0.2) is 24.4 Å². The van der Waals surface area contributed by atoms with Gasteiger partial charge in [0.1, 0.15) is 0 Å². The smallest absolute Gasteiger partial charge is 0.0832 e. The third-order valence-electron chi connectivity index (χ3n) is 2.36. The quantitative estimate of drug-likeness (QED) is 0.658. The number of aliphatic hydroxyl groups is 1. The van der Waals surface area contributed by atoms with Gasteiger partial charge in [0.2, 0.25) is 0 Å². The van der Waals surface area contributed by atoms with E-state index in [0.717, 1.165) is 12.8 Å². The standard InChI is InChI=1S/C9H18O2/c1-3-4-8(11-2)9(10)7-5-6-7/h7-10H,3-6H2,1-2H3. The Balaban J connectivity index is 2.26. The lowest BCUT2D eigenvalue weighted by molar-refractivity contribution is -0.0270. The van der Waals surface area contributed by atoms with Gasteiger partial charge in [0.25, 0.3) is 0 Å². The van der Waals surface area contributed by atoms with E-state index in [-0.39, 0.29) is 12.2 Å². The molecule has 1 rings (SSSR count). The second-order valence-electron chi connectivity index (χ2n) is 3.39. The van der Waals surface area contributed by atoms with E-state index in [1.54, 1.807) is 7.11 Å². The minimum Gasteiger partial charge on any atom is -0.390 e. The van der Waals surface area contributed by atoms with Gasteiger partial charge in [0.05, 0.1) is 12.2 Å². The minimum absolute atomic E-state index is 0.0764. The highest BCUT2D eigenvalue weighted by atomic mass is 16.5.